The molecule has 6 aliphatic rings. The zero-order valence-electron chi connectivity index (χ0n) is 37.3. The van der Waals surface area contributed by atoms with E-state index < -0.39 is 10.1 Å². The van der Waals surface area contributed by atoms with Crippen molar-refractivity contribution in [3.05, 3.63) is 18.0 Å². The maximum atomic E-state index is 12.1. The van der Waals surface area contributed by atoms with E-state index in [0.717, 1.165) is 31.9 Å². The molecule has 6 heterocycles. The van der Waals surface area contributed by atoms with Gasteiger partial charge in [0.15, 0.2) is 0 Å². The zero-order valence-corrected chi connectivity index (χ0v) is 40.1. The number of carbonyl (C=O) groups excluding carboxylic acids is 3. The van der Waals surface area contributed by atoms with Gasteiger partial charge in [0, 0.05) is 49.1 Å². The zero-order chi connectivity index (χ0) is 42.2. The fourth-order valence-corrected chi connectivity index (χ4v) is 10.9. The second kappa shape index (κ2) is 27.3. The van der Waals surface area contributed by atoms with Gasteiger partial charge < -0.3 is 62.0 Å². The summed E-state index contributed by atoms with van der Waals surface area (Å²) in [5.41, 5.74) is 0. The topological polar surface area (TPSA) is 278 Å². The third kappa shape index (κ3) is 14.0. The molecule has 0 spiro atoms. The number of hydrogen-bond donors (Lipinski definition) is 0. The van der Waals surface area contributed by atoms with Crippen LogP contribution in [-0.4, -0.2) is 132 Å². The Morgan fingerprint density at radius 1 is 0.623 bits per heavy atom. The molecule has 6 rings (SSSR count). The van der Waals surface area contributed by atoms with E-state index in [2.05, 4.69) is 52.5 Å². The minimum Gasteiger partial charge on any atom is -0.512 e. The van der Waals surface area contributed by atoms with E-state index in [1.54, 1.807) is 11.8 Å². The third-order valence-electron chi connectivity index (χ3n) is 13.5. The Labute approximate surface area is 387 Å². The standard InChI is InChI=1S/2C13H20N2O2.C13H23NO5S.CN.CH4.Na.3H2O/c1-5-17-13(16)15-11-6-10(14-4)7-12(15)9(3)8(11)2;1-4-17-13(16)15-11-5-10(7-14)6-12(15)9(3)8(11)2;1-5-18-13(15)14-11-6-10(19-20(4,16)17)7-12(14)9(3)8(11)2;1-2;;;;;/h8-12H,5-7H2,1-3H3;8-12H,4-6H2,1-3H3;8-12H,5-7H2,1-4H3;;1H4;;3*1H2/q;;;-1;;+1;;;/t3*8-,9+,10?,11?,12?;;;;;;. The summed E-state index contributed by atoms with van der Waals surface area (Å²) in [6.45, 7) is 31.5. The van der Waals surface area contributed by atoms with Crippen molar-refractivity contribution in [2.24, 2.45) is 41.4 Å². The molecule has 0 aliphatic carbocycles. The van der Waals surface area contributed by atoms with Crippen molar-refractivity contribution in [3.8, 4) is 6.07 Å². The molecule has 0 aromatic rings. The van der Waals surface area contributed by atoms with Crippen molar-refractivity contribution < 1.29 is 87.2 Å². The van der Waals surface area contributed by atoms with Gasteiger partial charge in [0.25, 0.3) is 10.1 Å². The number of nitriles is 1. The number of hydrogen-bond acceptors (Lipinski definition) is 11. The first kappa shape index (κ1) is 62.4. The summed E-state index contributed by atoms with van der Waals surface area (Å²) in [7, 11) is -3.46. The second-order valence-electron chi connectivity index (χ2n) is 16.3. The number of ether oxygens (including phenoxy) is 3. The molecule has 9 unspecified atom stereocenters. The molecule has 3 amide bonds. The monoisotopic (exact) mass is 896 g/mol. The normalized spacial score (nSPS) is 34.4. The average molecular weight is 897 g/mol. The van der Waals surface area contributed by atoms with Gasteiger partial charge in [-0.2, -0.15) is 13.7 Å². The fourth-order valence-electron chi connectivity index (χ4n) is 10.2. The Balaban J connectivity index is -0.000000781. The molecule has 20 heteroatoms. The molecule has 6 fully saturated rings. The van der Waals surface area contributed by atoms with Gasteiger partial charge in [-0.25, -0.2) is 21.0 Å². The molecule has 0 saturated carbocycles. The van der Waals surface area contributed by atoms with Gasteiger partial charge in [0.05, 0.1) is 44.2 Å². The first-order valence-corrected chi connectivity index (χ1v) is 22.0. The molecule has 0 radical (unpaired) electrons. The van der Waals surface area contributed by atoms with Crippen LogP contribution in [0.15, 0.2) is 0 Å². The Hall–Kier alpha value is -2.93. The molecule has 6 saturated heterocycles. The predicted octanol–water partition coefficient (Wildman–Crippen LogP) is 1.82. The minimum atomic E-state index is -3.46. The van der Waals surface area contributed by atoms with Crippen molar-refractivity contribution in [3.63, 3.8) is 0 Å². The van der Waals surface area contributed by atoms with Crippen molar-refractivity contribution in [1.82, 2.24) is 14.7 Å². The molecule has 61 heavy (non-hydrogen) atoms. The van der Waals surface area contributed by atoms with Crippen LogP contribution in [0.1, 0.15) is 108 Å². The molecule has 6 aliphatic heterocycles. The van der Waals surface area contributed by atoms with Gasteiger partial charge in [-0.05, 0) is 82.0 Å². The summed E-state index contributed by atoms with van der Waals surface area (Å²) in [5.74, 6) is 2.59. The predicted molar refractivity (Wildman–Crippen MR) is 224 cm³/mol. The van der Waals surface area contributed by atoms with E-state index in [1.165, 1.54) is 0 Å². The van der Waals surface area contributed by atoms with Crippen LogP contribution in [-0.2, 0) is 28.5 Å². The van der Waals surface area contributed by atoms with E-state index in [1.807, 2.05) is 23.6 Å². The maximum absolute atomic E-state index is 12.1. The van der Waals surface area contributed by atoms with E-state index in [0.29, 0.717) is 68.2 Å². The quantitative estimate of drug-likeness (QED) is 0.166. The summed E-state index contributed by atoms with van der Waals surface area (Å²) in [6.07, 6.45) is 4.37. The van der Waals surface area contributed by atoms with Gasteiger partial charge in [-0.15, -0.1) is 0 Å². The Morgan fingerprint density at radius 2 is 0.885 bits per heavy atom. The molecule has 6 N–H and O–H groups in total. The van der Waals surface area contributed by atoms with Crippen molar-refractivity contribution in [2.75, 3.05) is 26.1 Å². The van der Waals surface area contributed by atoms with Gasteiger partial charge in [0.2, 0.25) is 6.04 Å². The van der Waals surface area contributed by atoms with Gasteiger partial charge in [-0.1, -0.05) is 49.0 Å². The van der Waals surface area contributed by atoms with E-state index >= 15 is 0 Å². The number of amides is 3. The van der Waals surface area contributed by atoms with E-state index in [4.69, 9.17) is 42.1 Å². The number of piperidine rings is 3. The van der Waals surface area contributed by atoms with E-state index in [-0.39, 0.29) is 126 Å². The first-order valence-electron chi connectivity index (χ1n) is 20.2. The Morgan fingerprint density at radius 3 is 1.11 bits per heavy atom. The number of fused-ring (bicyclic) bond motifs is 6. The maximum Gasteiger partial charge on any atom is 1.00 e. The number of carbonyl (C=O) groups is 3. The Bertz CT molecular complexity index is 1470. The summed E-state index contributed by atoms with van der Waals surface area (Å²) in [4.78, 5) is 45.3. The summed E-state index contributed by atoms with van der Waals surface area (Å²) < 4.78 is 43.1. The molecule has 0 aromatic carbocycles. The van der Waals surface area contributed by atoms with Crippen molar-refractivity contribution >= 4 is 28.4 Å². The van der Waals surface area contributed by atoms with Crippen LogP contribution in [0.3, 0.4) is 0 Å². The van der Waals surface area contributed by atoms with Crippen molar-refractivity contribution in [2.45, 2.75) is 157 Å². The van der Waals surface area contributed by atoms with Crippen LogP contribution >= 0.6 is 0 Å². The number of nitrogens with zero attached hydrogens (tertiary/aromatic N) is 6. The Kier molecular flexibility index (Phi) is 27.9. The van der Waals surface area contributed by atoms with Gasteiger partial charge in [0.1, 0.15) is 0 Å². The summed E-state index contributed by atoms with van der Waals surface area (Å²) >= 11 is 0. The molecule has 18 nitrogen and oxygen atoms in total. The van der Waals surface area contributed by atoms with Crippen LogP contribution in [0.2, 0.25) is 0 Å². The van der Waals surface area contributed by atoms with Crippen LogP contribution in [0, 0.1) is 71.2 Å². The van der Waals surface area contributed by atoms with E-state index in [9.17, 15) is 22.8 Å². The molecule has 0 aromatic heterocycles. The second-order valence-corrected chi connectivity index (χ2v) is 17.9. The van der Waals surface area contributed by atoms with Gasteiger partial charge in [-0.3, -0.25) is 4.18 Å². The van der Waals surface area contributed by atoms with Gasteiger partial charge >= 0.3 is 47.8 Å². The molecule has 6 bridgehead atoms. The van der Waals surface area contributed by atoms with Crippen LogP contribution in [0.4, 0.5) is 14.4 Å². The summed E-state index contributed by atoms with van der Waals surface area (Å²) in [5, 5.41) is 15.3. The minimum absolute atomic E-state index is 0. The van der Waals surface area contributed by atoms with Crippen LogP contribution < -0.4 is 29.6 Å². The molecule has 15 atom stereocenters. The number of rotatable bonds is 5. The summed E-state index contributed by atoms with van der Waals surface area (Å²) in [6, 6.07) is 3.20. The molecular formula is C41H73N6NaO12S. The molecular weight excluding hydrogens is 824 g/mol. The van der Waals surface area contributed by atoms with Crippen LogP contribution in [0.5, 0.6) is 0 Å². The largest absolute Gasteiger partial charge is 1.00 e. The third-order valence-corrected chi connectivity index (χ3v) is 14.1. The van der Waals surface area contributed by atoms with Crippen molar-refractivity contribution in [1.29, 1.82) is 10.5 Å². The smallest absolute Gasteiger partial charge is 0.512 e. The SMILES string of the molecule is C.CCOC(=O)N1C2CC(C#N)CC1[C@H](C)[C@@H]2C.CCOC(=O)N1C2CC(OS(C)(=O)=O)CC1[C@H](C)[C@@H]2C.O.O.O.[C-]#N.[C-]#[N+]C1CC2[C@@H](C)[C@@H](C)C(C1)N2C(=O)OCC.[Na+]. The van der Waals surface area contributed by atoms with Crippen LogP contribution in [0.25, 0.3) is 4.85 Å². The molecule has 346 valence electrons. The average Bonchev–Trinajstić information content (AvgIpc) is 3.51. The first-order chi connectivity index (χ1) is 26.4. The fraction of sp³-hybridized carbons (Fsp3) is 0.854.